The Kier molecular flexibility index (Phi) is 6.21. The summed E-state index contributed by atoms with van der Waals surface area (Å²) in [6, 6.07) is 15.0. The smallest absolute Gasteiger partial charge is 0.240 e. The van der Waals surface area contributed by atoms with E-state index in [-0.39, 0.29) is 10.9 Å². The second-order valence-electron chi connectivity index (χ2n) is 6.79. The van der Waals surface area contributed by atoms with Gasteiger partial charge in [-0.15, -0.1) is 0 Å². The Labute approximate surface area is 160 Å². The monoisotopic (exact) mass is 383 g/mol. The molecule has 0 bridgehead atoms. The highest BCUT2D eigenvalue weighted by Crippen LogP contribution is 2.18. The van der Waals surface area contributed by atoms with Crippen LogP contribution in [0.5, 0.6) is 0 Å². The van der Waals surface area contributed by atoms with E-state index in [1.165, 1.54) is 11.1 Å². The normalized spacial score (nSPS) is 13.0. The van der Waals surface area contributed by atoms with Crippen LogP contribution in [-0.4, -0.2) is 32.5 Å². The number of pyridine rings is 1. The highest BCUT2D eigenvalue weighted by atomic mass is 32.2. The molecule has 1 heterocycles. The van der Waals surface area contributed by atoms with Gasteiger partial charge in [0.2, 0.25) is 10.0 Å². The molecule has 27 heavy (non-hydrogen) atoms. The van der Waals surface area contributed by atoms with Gasteiger partial charge in [-0.1, -0.05) is 30.3 Å². The van der Waals surface area contributed by atoms with Gasteiger partial charge in [-0.05, 0) is 61.5 Å². The Hall–Kier alpha value is -2.28. The minimum absolute atomic E-state index is 0.208. The first-order valence-electron chi connectivity index (χ1n) is 9.07. The largest absolute Gasteiger partial charge is 0.315 e. The first-order valence-corrected chi connectivity index (χ1v) is 10.6. The van der Waals surface area contributed by atoms with Crippen LogP contribution in [0.4, 0.5) is 0 Å². The average Bonchev–Trinajstić information content (AvgIpc) is 2.66. The highest BCUT2D eigenvalue weighted by molar-refractivity contribution is 7.89. The molecular weight excluding hydrogens is 358 g/mol. The standard InChI is InChI=1S/C21H25N3O2S/c1-16-5-3-4-6-18(16)9-11-22-14-17(2)24-27(25,26)21-8-7-20-15-23-12-10-19(20)13-21/h3-8,10,12-13,15,17,22,24H,9,11,14H2,1-2H3/t17-/m1/s1. The van der Waals surface area contributed by atoms with Crippen molar-refractivity contribution in [2.45, 2.75) is 31.2 Å². The zero-order chi connectivity index (χ0) is 19.3. The summed E-state index contributed by atoms with van der Waals surface area (Å²) in [7, 11) is -3.56. The highest BCUT2D eigenvalue weighted by Gasteiger charge is 2.17. The van der Waals surface area contributed by atoms with Crippen molar-refractivity contribution >= 4 is 20.8 Å². The molecule has 0 radical (unpaired) electrons. The molecule has 1 atom stereocenters. The van der Waals surface area contributed by atoms with E-state index in [9.17, 15) is 8.42 Å². The lowest BCUT2D eigenvalue weighted by Gasteiger charge is -2.16. The molecule has 0 aliphatic rings. The van der Waals surface area contributed by atoms with Crippen LogP contribution in [-0.2, 0) is 16.4 Å². The first-order chi connectivity index (χ1) is 13.0. The molecule has 5 nitrogen and oxygen atoms in total. The molecule has 2 N–H and O–H groups in total. The van der Waals surface area contributed by atoms with Gasteiger partial charge in [0, 0.05) is 30.4 Å². The maximum absolute atomic E-state index is 12.6. The summed E-state index contributed by atoms with van der Waals surface area (Å²) in [5.74, 6) is 0. The van der Waals surface area contributed by atoms with Crippen LogP contribution in [0.3, 0.4) is 0 Å². The number of sulfonamides is 1. The Balaban J connectivity index is 1.54. The summed E-state index contributed by atoms with van der Waals surface area (Å²) in [6.07, 6.45) is 4.30. The molecule has 0 spiro atoms. The maximum atomic E-state index is 12.6. The number of benzene rings is 2. The van der Waals surface area contributed by atoms with Crippen LogP contribution in [0.1, 0.15) is 18.1 Å². The number of rotatable bonds is 8. The number of aromatic nitrogens is 1. The minimum atomic E-state index is -3.56. The van der Waals surface area contributed by atoms with E-state index >= 15 is 0 Å². The van der Waals surface area contributed by atoms with E-state index < -0.39 is 10.0 Å². The van der Waals surface area contributed by atoms with Gasteiger partial charge >= 0.3 is 0 Å². The van der Waals surface area contributed by atoms with Crippen molar-refractivity contribution in [1.29, 1.82) is 0 Å². The number of hydrogen-bond donors (Lipinski definition) is 2. The van der Waals surface area contributed by atoms with Crippen LogP contribution in [0.2, 0.25) is 0 Å². The van der Waals surface area contributed by atoms with E-state index in [1.807, 2.05) is 25.1 Å². The molecular formula is C21H25N3O2S. The minimum Gasteiger partial charge on any atom is -0.315 e. The van der Waals surface area contributed by atoms with Gasteiger partial charge in [-0.25, -0.2) is 13.1 Å². The quantitative estimate of drug-likeness (QED) is 0.587. The Morgan fingerprint density at radius 1 is 1.07 bits per heavy atom. The number of hydrogen-bond acceptors (Lipinski definition) is 4. The summed E-state index contributed by atoms with van der Waals surface area (Å²) in [5.41, 5.74) is 2.59. The van der Waals surface area contributed by atoms with Crippen LogP contribution in [0.15, 0.2) is 65.8 Å². The Morgan fingerprint density at radius 2 is 1.89 bits per heavy atom. The van der Waals surface area contributed by atoms with Crippen LogP contribution in [0, 0.1) is 6.92 Å². The number of aryl methyl sites for hydroxylation is 1. The third-order valence-electron chi connectivity index (χ3n) is 4.56. The predicted octanol–water partition coefficient (Wildman–Crippen LogP) is 3.04. The lowest BCUT2D eigenvalue weighted by atomic mass is 10.1. The third-order valence-corrected chi connectivity index (χ3v) is 6.15. The van der Waals surface area contributed by atoms with Crippen LogP contribution in [0.25, 0.3) is 10.8 Å². The van der Waals surface area contributed by atoms with Gasteiger partial charge in [0.25, 0.3) is 0 Å². The molecule has 0 saturated carbocycles. The van der Waals surface area contributed by atoms with Gasteiger partial charge < -0.3 is 5.32 Å². The summed E-state index contributed by atoms with van der Waals surface area (Å²) >= 11 is 0. The fourth-order valence-electron chi connectivity index (χ4n) is 3.04. The topological polar surface area (TPSA) is 71.1 Å². The molecule has 6 heteroatoms. The lowest BCUT2D eigenvalue weighted by Crippen LogP contribution is -2.40. The van der Waals surface area contributed by atoms with Crippen LogP contribution >= 0.6 is 0 Å². The molecule has 0 amide bonds. The first kappa shape index (κ1) is 19.5. The summed E-state index contributed by atoms with van der Waals surface area (Å²) in [4.78, 5) is 4.32. The molecule has 3 rings (SSSR count). The zero-order valence-corrected chi connectivity index (χ0v) is 16.5. The van der Waals surface area contributed by atoms with Gasteiger partial charge in [-0.3, -0.25) is 4.98 Å². The molecule has 3 aromatic rings. The van der Waals surface area contributed by atoms with Crippen molar-refractivity contribution in [3.05, 3.63) is 72.1 Å². The Morgan fingerprint density at radius 3 is 2.70 bits per heavy atom. The lowest BCUT2D eigenvalue weighted by molar-refractivity contribution is 0.537. The van der Waals surface area contributed by atoms with E-state index in [4.69, 9.17) is 0 Å². The summed E-state index contributed by atoms with van der Waals surface area (Å²) < 4.78 is 28.0. The van der Waals surface area contributed by atoms with E-state index in [0.717, 1.165) is 23.7 Å². The van der Waals surface area contributed by atoms with E-state index in [2.05, 4.69) is 34.1 Å². The molecule has 0 aliphatic carbocycles. The fourth-order valence-corrected chi connectivity index (χ4v) is 4.31. The van der Waals surface area contributed by atoms with Crippen molar-refractivity contribution < 1.29 is 8.42 Å². The molecule has 2 aromatic carbocycles. The third kappa shape index (κ3) is 5.13. The number of nitrogens with zero attached hydrogens (tertiary/aromatic N) is 1. The number of fused-ring (bicyclic) bond motifs is 1. The van der Waals surface area contributed by atoms with Gasteiger partial charge in [0.1, 0.15) is 0 Å². The predicted molar refractivity (Wildman–Crippen MR) is 109 cm³/mol. The zero-order valence-electron chi connectivity index (χ0n) is 15.6. The SMILES string of the molecule is Cc1ccccc1CCNC[C@@H](C)NS(=O)(=O)c1ccc2cnccc2c1. The van der Waals surface area contributed by atoms with Crippen molar-refractivity contribution in [2.75, 3.05) is 13.1 Å². The molecule has 0 saturated heterocycles. The van der Waals surface area contributed by atoms with Crippen molar-refractivity contribution in [3.8, 4) is 0 Å². The van der Waals surface area contributed by atoms with Crippen molar-refractivity contribution in [3.63, 3.8) is 0 Å². The second-order valence-corrected chi connectivity index (χ2v) is 8.50. The molecule has 0 unspecified atom stereocenters. The van der Waals surface area contributed by atoms with Crippen molar-refractivity contribution in [1.82, 2.24) is 15.0 Å². The molecule has 0 aliphatic heterocycles. The van der Waals surface area contributed by atoms with E-state index in [1.54, 1.807) is 30.6 Å². The molecule has 1 aromatic heterocycles. The van der Waals surface area contributed by atoms with Gasteiger partial charge in [-0.2, -0.15) is 0 Å². The van der Waals surface area contributed by atoms with Gasteiger partial charge in [0.05, 0.1) is 4.90 Å². The van der Waals surface area contributed by atoms with E-state index in [0.29, 0.717) is 6.54 Å². The molecule has 142 valence electrons. The fraction of sp³-hybridized carbons (Fsp3) is 0.286. The Bertz CT molecular complexity index is 1020. The second kappa shape index (κ2) is 8.61. The molecule has 0 fully saturated rings. The van der Waals surface area contributed by atoms with Crippen LogP contribution < -0.4 is 10.0 Å². The average molecular weight is 384 g/mol. The maximum Gasteiger partial charge on any atom is 0.240 e. The van der Waals surface area contributed by atoms with Gasteiger partial charge in [0.15, 0.2) is 0 Å². The summed E-state index contributed by atoms with van der Waals surface area (Å²) in [6.45, 7) is 5.34. The van der Waals surface area contributed by atoms with Crippen molar-refractivity contribution in [2.24, 2.45) is 0 Å². The summed E-state index contributed by atoms with van der Waals surface area (Å²) in [5, 5.41) is 5.11. The number of nitrogens with one attached hydrogen (secondary N) is 2.